The van der Waals surface area contributed by atoms with Gasteiger partial charge in [-0.15, -0.1) is 5.10 Å². The molecule has 0 aliphatic heterocycles. The molecule has 0 spiro atoms. The van der Waals surface area contributed by atoms with Crippen LogP contribution in [0.15, 0.2) is 30.5 Å². The van der Waals surface area contributed by atoms with Crippen LogP contribution in [0.2, 0.25) is 0 Å². The van der Waals surface area contributed by atoms with Gasteiger partial charge in [0.05, 0.1) is 28.8 Å². The summed E-state index contributed by atoms with van der Waals surface area (Å²) in [4.78, 5) is 0. The molecule has 1 fully saturated rings. The first-order chi connectivity index (χ1) is 9.73. The highest BCUT2D eigenvalue weighted by Crippen LogP contribution is 2.44. The van der Waals surface area contributed by atoms with Crippen molar-refractivity contribution in [3.63, 3.8) is 0 Å². The van der Waals surface area contributed by atoms with E-state index in [0.717, 1.165) is 36.9 Å². The molecule has 0 radical (unpaired) electrons. The maximum absolute atomic E-state index is 11.0. The number of nitriles is 1. The van der Waals surface area contributed by atoms with Crippen LogP contribution in [0.5, 0.6) is 0 Å². The first-order valence-corrected chi connectivity index (χ1v) is 6.82. The number of hydrogen-bond acceptors (Lipinski definition) is 4. The molecule has 1 saturated carbocycles. The maximum atomic E-state index is 11.0. The lowest BCUT2D eigenvalue weighted by Gasteiger charge is -2.31. The molecule has 5 heteroatoms. The Morgan fingerprint density at radius 1 is 1.25 bits per heavy atom. The third-order valence-electron chi connectivity index (χ3n) is 4.11. The molecule has 20 heavy (non-hydrogen) atoms. The highest BCUT2D eigenvalue weighted by atomic mass is 16.3. The van der Waals surface area contributed by atoms with Crippen LogP contribution in [-0.2, 0) is 0 Å². The summed E-state index contributed by atoms with van der Waals surface area (Å²) in [7, 11) is 0. The molecule has 3 rings (SSSR count). The number of aromatic nitrogens is 3. The van der Waals surface area contributed by atoms with Crippen LogP contribution in [0.3, 0.4) is 0 Å². The van der Waals surface area contributed by atoms with Crippen LogP contribution in [0.25, 0.3) is 0 Å². The molecule has 1 aliphatic carbocycles. The van der Waals surface area contributed by atoms with Gasteiger partial charge in [-0.3, -0.25) is 5.10 Å². The molecule has 2 N–H and O–H groups in total. The van der Waals surface area contributed by atoms with E-state index >= 15 is 0 Å². The third kappa shape index (κ3) is 2.19. The molecule has 1 aromatic carbocycles. The second-order valence-corrected chi connectivity index (χ2v) is 5.38. The van der Waals surface area contributed by atoms with E-state index in [-0.39, 0.29) is 5.92 Å². The second-order valence-electron chi connectivity index (χ2n) is 5.38. The molecule has 1 heterocycles. The first kappa shape index (κ1) is 12.8. The minimum absolute atomic E-state index is 0.198. The number of benzene rings is 1. The van der Waals surface area contributed by atoms with Gasteiger partial charge in [0.25, 0.3) is 0 Å². The molecule has 1 aliphatic rings. The highest BCUT2D eigenvalue weighted by Gasteiger charge is 2.42. The lowest BCUT2D eigenvalue weighted by atomic mass is 9.78. The predicted octanol–water partition coefficient (Wildman–Crippen LogP) is 2.11. The number of H-pyrrole nitrogens is 1. The highest BCUT2D eigenvalue weighted by molar-refractivity contribution is 5.37. The minimum atomic E-state index is -0.773. The Bertz CT molecular complexity index is 606. The summed E-state index contributed by atoms with van der Waals surface area (Å²) in [6.07, 6.45) is 5.33. The molecular formula is C15H16N4O. The van der Waals surface area contributed by atoms with E-state index in [1.165, 1.54) is 0 Å². The SMILES string of the molecule is N#Cc1ccc(C(c2c[nH]nn2)C2(O)CCCC2)cc1. The molecule has 0 bridgehead atoms. The Kier molecular flexibility index (Phi) is 3.25. The minimum Gasteiger partial charge on any atom is -0.389 e. The smallest absolute Gasteiger partial charge is 0.0991 e. The number of hydrogen-bond donors (Lipinski definition) is 2. The van der Waals surface area contributed by atoms with E-state index in [1.54, 1.807) is 18.3 Å². The van der Waals surface area contributed by atoms with Crippen LogP contribution < -0.4 is 0 Å². The Hall–Kier alpha value is -2.19. The second kappa shape index (κ2) is 5.06. The molecule has 0 amide bonds. The van der Waals surface area contributed by atoms with E-state index < -0.39 is 5.60 Å². The normalized spacial score (nSPS) is 18.6. The summed E-state index contributed by atoms with van der Waals surface area (Å²) < 4.78 is 0. The fraction of sp³-hybridized carbons (Fsp3) is 0.400. The van der Waals surface area contributed by atoms with Crippen molar-refractivity contribution in [3.05, 3.63) is 47.3 Å². The van der Waals surface area contributed by atoms with Crippen molar-refractivity contribution in [1.29, 1.82) is 5.26 Å². The van der Waals surface area contributed by atoms with E-state index in [9.17, 15) is 5.11 Å². The molecule has 1 atom stereocenters. The molecule has 2 aromatic rings. The molecular weight excluding hydrogens is 252 g/mol. The fourth-order valence-corrected chi connectivity index (χ4v) is 3.13. The standard InChI is InChI=1S/C15H16N4O/c16-9-11-3-5-12(6-4-11)14(13-10-17-19-18-13)15(20)7-1-2-8-15/h3-6,10,14,20H,1-2,7-8H2,(H,17,18,19). The van der Waals surface area contributed by atoms with Crippen LogP contribution in [-0.4, -0.2) is 26.1 Å². The van der Waals surface area contributed by atoms with Gasteiger partial charge in [-0.2, -0.15) is 5.26 Å². The third-order valence-corrected chi connectivity index (χ3v) is 4.11. The number of aromatic amines is 1. The molecule has 102 valence electrons. The van der Waals surface area contributed by atoms with Gasteiger partial charge in [0.15, 0.2) is 0 Å². The van der Waals surface area contributed by atoms with Crippen molar-refractivity contribution in [2.75, 3.05) is 0 Å². The Labute approximate surface area is 117 Å². The van der Waals surface area contributed by atoms with Crippen molar-refractivity contribution in [2.24, 2.45) is 0 Å². The number of rotatable bonds is 3. The van der Waals surface area contributed by atoms with Gasteiger partial charge >= 0.3 is 0 Å². The summed E-state index contributed by atoms with van der Waals surface area (Å²) in [5, 5.41) is 30.4. The van der Waals surface area contributed by atoms with Crippen LogP contribution >= 0.6 is 0 Å². The van der Waals surface area contributed by atoms with Crippen molar-refractivity contribution in [1.82, 2.24) is 15.4 Å². The summed E-state index contributed by atoms with van der Waals surface area (Å²) in [6.45, 7) is 0. The van der Waals surface area contributed by atoms with Crippen molar-refractivity contribution in [2.45, 2.75) is 37.2 Å². The number of nitrogens with one attached hydrogen (secondary N) is 1. The monoisotopic (exact) mass is 268 g/mol. The summed E-state index contributed by atoms with van der Waals surface area (Å²) in [5.74, 6) is -0.198. The average molecular weight is 268 g/mol. The largest absolute Gasteiger partial charge is 0.389 e. The van der Waals surface area contributed by atoms with Gasteiger partial charge < -0.3 is 5.11 Å². The zero-order valence-corrected chi connectivity index (χ0v) is 11.1. The van der Waals surface area contributed by atoms with Gasteiger partial charge in [-0.25, -0.2) is 0 Å². The molecule has 1 unspecified atom stereocenters. The Balaban J connectivity index is 2.03. The van der Waals surface area contributed by atoms with Crippen molar-refractivity contribution >= 4 is 0 Å². The van der Waals surface area contributed by atoms with Crippen LogP contribution in [0, 0.1) is 11.3 Å². The van der Waals surface area contributed by atoms with Crippen LogP contribution in [0.4, 0.5) is 0 Å². The van der Waals surface area contributed by atoms with E-state index in [1.807, 2.05) is 12.1 Å². The van der Waals surface area contributed by atoms with Gasteiger partial charge in [-0.05, 0) is 30.5 Å². The summed E-state index contributed by atoms with van der Waals surface area (Å²) in [5.41, 5.74) is 1.57. The number of aliphatic hydroxyl groups is 1. The molecule has 1 aromatic heterocycles. The average Bonchev–Trinajstić information content (AvgIpc) is 3.12. The van der Waals surface area contributed by atoms with Crippen molar-refractivity contribution in [3.8, 4) is 6.07 Å². The quantitative estimate of drug-likeness (QED) is 0.892. The zero-order chi connectivity index (χ0) is 14.0. The van der Waals surface area contributed by atoms with Gasteiger partial charge in [0.1, 0.15) is 0 Å². The zero-order valence-electron chi connectivity index (χ0n) is 11.1. The topological polar surface area (TPSA) is 85.6 Å². The molecule has 0 saturated heterocycles. The lowest BCUT2D eigenvalue weighted by Crippen LogP contribution is -2.34. The van der Waals surface area contributed by atoms with E-state index in [2.05, 4.69) is 21.5 Å². The molecule has 5 nitrogen and oxygen atoms in total. The number of nitrogens with zero attached hydrogens (tertiary/aromatic N) is 3. The van der Waals surface area contributed by atoms with E-state index in [4.69, 9.17) is 5.26 Å². The summed E-state index contributed by atoms with van der Waals surface area (Å²) in [6, 6.07) is 9.46. The van der Waals surface area contributed by atoms with Crippen molar-refractivity contribution < 1.29 is 5.11 Å². The maximum Gasteiger partial charge on any atom is 0.0991 e. The predicted molar refractivity (Wildman–Crippen MR) is 72.8 cm³/mol. The Morgan fingerprint density at radius 2 is 1.95 bits per heavy atom. The fourth-order valence-electron chi connectivity index (χ4n) is 3.13. The van der Waals surface area contributed by atoms with Gasteiger partial charge in [0.2, 0.25) is 0 Å². The first-order valence-electron chi connectivity index (χ1n) is 6.82. The van der Waals surface area contributed by atoms with Crippen LogP contribution in [0.1, 0.15) is 48.4 Å². The summed E-state index contributed by atoms with van der Waals surface area (Å²) >= 11 is 0. The van der Waals surface area contributed by atoms with Gasteiger partial charge in [0, 0.05) is 6.20 Å². The Morgan fingerprint density at radius 3 is 2.50 bits per heavy atom. The lowest BCUT2D eigenvalue weighted by molar-refractivity contribution is 0.0296. The van der Waals surface area contributed by atoms with E-state index in [0.29, 0.717) is 5.56 Å². The van der Waals surface area contributed by atoms with Gasteiger partial charge in [-0.1, -0.05) is 30.2 Å².